The molecule has 0 aromatic rings. The van der Waals surface area contributed by atoms with E-state index in [-0.39, 0.29) is 30.0 Å². The molecule has 0 rings (SSSR count). The average molecular weight is 230 g/mol. The van der Waals surface area contributed by atoms with E-state index < -0.39 is 5.41 Å². The van der Waals surface area contributed by atoms with Gasteiger partial charge < -0.3 is 9.84 Å². The third-order valence-electron chi connectivity index (χ3n) is 2.50. The summed E-state index contributed by atoms with van der Waals surface area (Å²) in [6.45, 7) is 13.5. The van der Waals surface area contributed by atoms with Gasteiger partial charge in [0.1, 0.15) is 6.10 Å². The van der Waals surface area contributed by atoms with E-state index in [1.54, 1.807) is 0 Å². The molecule has 2 unspecified atom stereocenters. The zero-order valence-electron chi connectivity index (χ0n) is 11.6. The smallest absolute Gasteiger partial charge is 0.311 e. The fourth-order valence-corrected chi connectivity index (χ4v) is 1.53. The fourth-order valence-electron chi connectivity index (χ4n) is 1.53. The van der Waals surface area contributed by atoms with Crippen molar-refractivity contribution in [2.24, 2.45) is 16.7 Å². The largest absolute Gasteiger partial charge is 0.461 e. The number of hydrogen-bond acceptors (Lipinski definition) is 3. The summed E-state index contributed by atoms with van der Waals surface area (Å²) in [5, 5.41) is 9.19. The van der Waals surface area contributed by atoms with Crippen LogP contribution in [0.2, 0.25) is 0 Å². The van der Waals surface area contributed by atoms with Crippen molar-refractivity contribution in [3.63, 3.8) is 0 Å². The van der Waals surface area contributed by atoms with Crippen LogP contribution in [0.3, 0.4) is 0 Å². The first-order valence-electron chi connectivity index (χ1n) is 5.82. The van der Waals surface area contributed by atoms with Gasteiger partial charge in [0, 0.05) is 12.5 Å². The lowest BCUT2D eigenvalue weighted by Crippen LogP contribution is -2.41. The number of hydrogen-bond donors (Lipinski definition) is 1. The lowest BCUT2D eigenvalue weighted by atomic mass is 9.82. The minimum Gasteiger partial charge on any atom is -0.461 e. The highest BCUT2D eigenvalue weighted by molar-refractivity contribution is 5.75. The molecular weight excluding hydrogens is 204 g/mol. The van der Waals surface area contributed by atoms with Crippen LogP contribution in [0.25, 0.3) is 0 Å². The van der Waals surface area contributed by atoms with Crippen LogP contribution in [-0.4, -0.2) is 23.8 Å². The molecule has 0 saturated carbocycles. The number of aliphatic hydroxyl groups excluding tert-OH is 1. The third kappa shape index (κ3) is 4.52. The van der Waals surface area contributed by atoms with Gasteiger partial charge in [0.2, 0.25) is 0 Å². The molecule has 96 valence electrons. The SMILES string of the molecule is CC(CO)C(OC(=O)C(C)(C)C)C(C)(C)C. The summed E-state index contributed by atoms with van der Waals surface area (Å²) in [6, 6.07) is 0. The number of rotatable bonds is 3. The molecule has 0 radical (unpaired) electrons. The Morgan fingerprint density at radius 3 is 1.88 bits per heavy atom. The Morgan fingerprint density at radius 2 is 1.62 bits per heavy atom. The van der Waals surface area contributed by atoms with E-state index in [4.69, 9.17) is 4.74 Å². The standard InChI is InChI=1S/C13H26O3/c1-9(8-14)10(12(2,3)4)16-11(15)13(5,6)7/h9-10,14H,8H2,1-7H3. The number of carbonyl (C=O) groups is 1. The molecule has 0 heterocycles. The molecule has 0 aromatic heterocycles. The highest BCUT2D eigenvalue weighted by Gasteiger charge is 2.35. The fraction of sp³-hybridized carbons (Fsp3) is 0.923. The minimum atomic E-state index is -0.501. The van der Waals surface area contributed by atoms with Crippen LogP contribution >= 0.6 is 0 Å². The Hall–Kier alpha value is -0.570. The van der Waals surface area contributed by atoms with Crippen molar-refractivity contribution in [1.29, 1.82) is 0 Å². The lowest BCUT2D eigenvalue weighted by molar-refractivity contribution is -0.169. The van der Waals surface area contributed by atoms with Gasteiger partial charge in [0.25, 0.3) is 0 Å². The Kier molecular flexibility index (Phi) is 4.99. The Morgan fingerprint density at radius 1 is 1.19 bits per heavy atom. The maximum absolute atomic E-state index is 11.8. The summed E-state index contributed by atoms with van der Waals surface area (Å²) in [6.07, 6.45) is -0.260. The van der Waals surface area contributed by atoms with E-state index in [1.807, 2.05) is 48.5 Å². The molecule has 0 amide bonds. The van der Waals surface area contributed by atoms with Crippen LogP contribution in [0.1, 0.15) is 48.5 Å². The predicted molar refractivity (Wildman–Crippen MR) is 65.0 cm³/mol. The van der Waals surface area contributed by atoms with E-state index in [0.29, 0.717) is 0 Å². The molecule has 2 atom stereocenters. The van der Waals surface area contributed by atoms with Crippen molar-refractivity contribution in [2.75, 3.05) is 6.61 Å². The maximum Gasteiger partial charge on any atom is 0.311 e. The summed E-state index contributed by atoms with van der Waals surface area (Å²) >= 11 is 0. The average Bonchev–Trinajstić information content (AvgIpc) is 2.09. The number of carbonyl (C=O) groups excluding carboxylic acids is 1. The summed E-state index contributed by atoms with van der Waals surface area (Å²) in [5.74, 6) is -0.265. The van der Waals surface area contributed by atoms with Gasteiger partial charge >= 0.3 is 5.97 Å². The summed E-state index contributed by atoms with van der Waals surface area (Å²) in [4.78, 5) is 11.8. The van der Waals surface area contributed by atoms with Crippen molar-refractivity contribution in [3.05, 3.63) is 0 Å². The van der Waals surface area contributed by atoms with Crippen LogP contribution in [0.4, 0.5) is 0 Å². The molecule has 3 nitrogen and oxygen atoms in total. The number of ether oxygens (including phenoxy) is 1. The molecule has 0 aliphatic rings. The maximum atomic E-state index is 11.8. The van der Waals surface area contributed by atoms with Crippen LogP contribution in [0.5, 0.6) is 0 Å². The molecule has 0 saturated heterocycles. The first-order chi connectivity index (χ1) is 7.00. The van der Waals surface area contributed by atoms with Crippen LogP contribution in [-0.2, 0) is 9.53 Å². The van der Waals surface area contributed by atoms with E-state index in [2.05, 4.69) is 0 Å². The van der Waals surface area contributed by atoms with Crippen molar-refractivity contribution in [1.82, 2.24) is 0 Å². The monoisotopic (exact) mass is 230 g/mol. The normalized spacial score (nSPS) is 16.8. The second kappa shape index (κ2) is 5.17. The zero-order valence-corrected chi connectivity index (χ0v) is 11.6. The zero-order chi connectivity index (χ0) is 13.1. The van der Waals surface area contributed by atoms with Gasteiger partial charge in [-0.1, -0.05) is 27.7 Å². The molecule has 0 fully saturated rings. The van der Waals surface area contributed by atoms with Gasteiger partial charge in [-0.25, -0.2) is 0 Å². The second-order valence-electron chi connectivity index (χ2n) is 6.60. The van der Waals surface area contributed by atoms with Crippen molar-refractivity contribution >= 4 is 5.97 Å². The second-order valence-corrected chi connectivity index (χ2v) is 6.60. The van der Waals surface area contributed by atoms with Crippen molar-refractivity contribution in [2.45, 2.75) is 54.6 Å². The van der Waals surface area contributed by atoms with E-state index >= 15 is 0 Å². The van der Waals surface area contributed by atoms with Gasteiger partial charge in [0.05, 0.1) is 5.41 Å². The Labute approximate surface area is 99.2 Å². The Bertz CT molecular complexity index is 233. The van der Waals surface area contributed by atoms with E-state index in [0.717, 1.165) is 0 Å². The molecule has 0 spiro atoms. The number of aliphatic hydroxyl groups is 1. The first-order valence-corrected chi connectivity index (χ1v) is 5.82. The topological polar surface area (TPSA) is 46.5 Å². The molecular formula is C13H26O3. The molecule has 0 aliphatic heterocycles. The quantitative estimate of drug-likeness (QED) is 0.758. The van der Waals surface area contributed by atoms with E-state index in [1.165, 1.54) is 0 Å². The molecule has 3 heteroatoms. The number of esters is 1. The van der Waals surface area contributed by atoms with E-state index in [9.17, 15) is 9.90 Å². The molecule has 16 heavy (non-hydrogen) atoms. The molecule has 0 aromatic carbocycles. The molecule has 0 aliphatic carbocycles. The minimum absolute atomic E-state index is 0.0271. The van der Waals surface area contributed by atoms with Crippen LogP contribution in [0.15, 0.2) is 0 Å². The first kappa shape index (κ1) is 15.4. The van der Waals surface area contributed by atoms with Gasteiger partial charge in [-0.15, -0.1) is 0 Å². The van der Waals surface area contributed by atoms with Crippen LogP contribution in [0, 0.1) is 16.7 Å². The lowest BCUT2D eigenvalue weighted by Gasteiger charge is -2.35. The highest BCUT2D eigenvalue weighted by Crippen LogP contribution is 2.30. The molecule has 0 bridgehead atoms. The highest BCUT2D eigenvalue weighted by atomic mass is 16.5. The van der Waals surface area contributed by atoms with Gasteiger partial charge in [0.15, 0.2) is 0 Å². The molecule has 1 N–H and O–H groups in total. The third-order valence-corrected chi connectivity index (χ3v) is 2.50. The van der Waals surface area contributed by atoms with Crippen LogP contribution < -0.4 is 0 Å². The summed E-state index contributed by atoms with van der Waals surface area (Å²) in [7, 11) is 0. The van der Waals surface area contributed by atoms with Crippen molar-refractivity contribution < 1.29 is 14.6 Å². The predicted octanol–water partition coefficient (Wildman–Crippen LogP) is 2.62. The summed E-state index contributed by atoms with van der Waals surface area (Å²) < 4.78 is 5.53. The van der Waals surface area contributed by atoms with Crippen molar-refractivity contribution in [3.8, 4) is 0 Å². The Balaban J connectivity index is 4.77. The van der Waals surface area contributed by atoms with Gasteiger partial charge in [-0.05, 0) is 26.2 Å². The van der Waals surface area contributed by atoms with Gasteiger partial charge in [-0.2, -0.15) is 0 Å². The van der Waals surface area contributed by atoms with Gasteiger partial charge in [-0.3, -0.25) is 4.79 Å². The summed E-state index contributed by atoms with van der Waals surface area (Å²) in [5.41, 5.74) is -0.665.